The first-order valence-corrected chi connectivity index (χ1v) is 10.4. The summed E-state index contributed by atoms with van der Waals surface area (Å²) in [5.74, 6) is 0.633. The second-order valence-electron chi connectivity index (χ2n) is 7.53. The minimum atomic E-state index is -0.391. The molecule has 0 atom stereocenters. The minimum Gasteiger partial charge on any atom is -0.497 e. The number of aromatic nitrogens is 3. The fourth-order valence-corrected chi connectivity index (χ4v) is 3.15. The van der Waals surface area contributed by atoms with Gasteiger partial charge in [-0.25, -0.2) is 9.07 Å². The van der Waals surface area contributed by atoms with Crippen molar-refractivity contribution < 1.29 is 18.7 Å². The first kappa shape index (κ1) is 22.0. The summed E-state index contributed by atoms with van der Waals surface area (Å²) >= 11 is 0. The molecule has 0 aliphatic rings. The molecule has 1 amide bonds. The van der Waals surface area contributed by atoms with Crippen LogP contribution in [0.5, 0.6) is 11.8 Å². The number of rotatable bonds is 7. The SMILES string of the molecule is COc1ccc(-c2nc(OC(C)C)nn2-c2ccc(NC(=O)c3ccc(F)cc3)cc2)cc1. The number of carbonyl (C=O) groups is 1. The van der Waals surface area contributed by atoms with Crippen molar-refractivity contribution in [3.05, 3.63) is 84.2 Å². The van der Waals surface area contributed by atoms with Crippen LogP contribution in [0, 0.1) is 5.82 Å². The van der Waals surface area contributed by atoms with Crippen LogP contribution in [0.1, 0.15) is 24.2 Å². The third-order valence-corrected chi connectivity index (χ3v) is 4.75. The Bertz CT molecular complexity index is 1230. The summed E-state index contributed by atoms with van der Waals surface area (Å²) < 4.78 is 25.7. The van der Waals surface area contributed by atoms with Crippen LogP contribution in [0.15, 0.2) is 72.8 Å². The van der Waals surface area contributed by atoms with Crippen LogP contribution in [0.4, 0.5) is 10.1 Å². The summed E-state index contributed by atoms with van der Waals surface area (Å²) in [5, 5.41) is 7.32. The van der Waals surface area contributed by atoms with E-state index < -0.39 is 5.82 Å². The van der Waals surface area contributed by atoms with Crippen LogP contribution >= 0.6 is 0 Å². The van der Waals surface area contributed by atoms with Crippen LogP contribution in [0.2, 0.25) is 0 Å². The second kappa shape index (κ2) is 9.52. The molecule has 0 saturated carbocycles. The first-order chi connectivity index (χ1) is 15.9. The molecule has 0 radical (unpaired) electrons. The summed E-state index contributed by atoms with van der Waals surface area (Å²) in [6.07, 6.45) is -0.0754. The maximum atomic E-state index is 13.1. The molecular formula is C25H23FN4O3. The van der Waals surface area contributed by atoms with E-state index in [4.69, 9.17) is 9.47 Å². The fourth-order valence-electron chi connectivity index (χ4n) is 3.15. The van der Waals surface area contributed by atoms with E-state index in [9.17, 15) is 9.18 Å². The predicted molar refractivity (Wildman–Crippen MR) is 123 cm³/mol. The Morgan fingerprint density at radius 1 is 0.970 bits per heavy atom. The molecule has 8 heteroatoms. The van der Waals surface area contributed by atoms with Crippen LogP contribution in [0.25, 0.3) is 17.1 Å². The average Bonchev–Trinajstić information content (AvgIpc) is 3.23. The molecule has 4 aromatic rings. The van der Waals surface area contributed by atoms with Gasteiger partial charge in [0.15, 0.2) is 5.82 Å². The Labute approximate surface area is 190 Å². The van der Waals surface area contributed by atoms with Crippen molar-refractivity contribution in [2.75, 3.05) is 12.4 Å². The second-order valence-corrected chi connectivity index (χ2v) is 7.53. The van der Waals surface area contributed by atoms with Gasteiger partial charge in [0.05, 0.1) is 18.9 Å². The Morgan fingerprint density at radius 2 is 1.64 bits per heavy atom. The number of amides is 1. The van der Waals surface area contributed by atoms with E-state index in [1.165, 1.54) is 24.3 Å². The van der Waals surface area contributed by atoms with Gasteiger partial charge in [-0.15, -0.1) is 5.10 Å². The highest BCUT2D eigenvalue weighted by atomic mass is 19.1. The molecule has 1 heterocycles. The van der Waals surface area contributed by atoms with Crippen LogP contribution in [-0.2, 0) is 0 Å². The number of nitrogens with zero attached hydrogens (tertiary/aromatic N) is 3. The molecule has 1 N–H and O–H groups in total. The molecule has 3 aromatic carbocycles. The Balaban J connectivity index is 1.61. The number of hydrogen-bond acceptors (Lipinski definition) is 5. The highest BCUT2D eigenvalue weighted by molar-refractivity contribution is 6.04. The Kier molecular flexibility index (Phi) is 6.35. The van der Waals surface area contributed by atoms with Gasteiger partial charge in [0.25, 0.3) is 5.91 Å². The molecule has 0 aliphatic heterocycles. The third-order valence-electron chi connectivity index (χ3n) is 4.75. The number of methoxy groups -OCH3 is 1. The normalized spacial score (nSPS) is 10.8. The lowest BCUT2D eigenvalue weighted by atomic mass is 10.2. The molecule has 4 rings (SSSR count). The van der Waals surface area contributed by atoms with E-state index in [2.05, 4.69) is 15.4 Å². The molecule has 0 bridgehead atoms. The van der Waals surface area contributed by atoms with E-state index in [1.807, 2.05) is 50.2 Å². The lowest BCUT2D eigenvalue weighted by Crippen LogP contribution is -2.12. The van der Waals surface area contributed by atoms with Gasteiger partial charge >= 0.3 is 6.01 Å². The number of benzene rings is 3. The van der Waals surface area contributed by atoms with Gasteiger partial charge < -0.3 is 14.8 Å². The summed E-state index contributed by atoms with van der Waals surface area (Å²) in [4.78, 5) is 16.9. The molecule has 7 nitrogen and oxygen atoms in total. The average molecular weight is 446 g/mol. The lowest BCUT2D eigenvalue weighted by Gasteiger charge is -2.09. The van der Waals surface area contributed by atoms with Crippen molar-refractivity contribution in [2.24, 2.45) is 0 Å². The van der Waals surface area contributed by atoms with Gasteiger partial charge in [-0.3, -0.25) is 4.79 Å². The number of nitrogens with one attached hydrogen (secondary N) is 1. The van der Waals surface area contributed by atoms with Crippen molar-refractivity contribution in [2.45, 2.75) is 20.0 Å². The zero-order valence-corrected chi connectivity index (χ0v) is 18.4. The van der Waals surface area contributed by atoms with Crippen molar-refractivity contribution in [1.82, 2.24) is 14.8 Å². The maximum Gasteiger partial charge on any atom is 0.336 e. The standard InChI is InChI=1S/C25H23FN4O3/c1-16(2)33-25-28-23(17-6-14-22(32-3)15-7-17)30(29-25)21-12-10-20(11-13-21)27-24(31)18-4-8-19(26)9-5-18/h4-16H,1-3H3,(H,27,31). The molecule has 1 aromatic heterocycles. The molecule has 0 aliphatic carbocycles. The predicted octanol–water partition coefficient (Wildman–Crippen LogP) is 5.12. The molecule has 33 heavy (non-hydrogen) atoms. The summed E-state index contributed by atoms with van der Waals surface area (Å²) in [6.45, 7) is 3.82. The van der Waals surface area contributed by atoms with Crippen molar-refractivity contribution in [3.8, 4) is 28.8 Å². The Hall–Kier alpha value is -4.20. The zero-order valence-electron chi connectivity index (χ0n) is 18.4. The number of hydrogen-bond donors (Lipinski definition) is 1. The number of halogens is 1. The van der Waals surface area contributed by atoms with Crippen molar-refractivity contribution >= 4 is 11.6 Å². The largest absolute Gasteiger partial charge is 0.497 e. The quantitative estimate of drug-likeness (QED) is 0.426. The minimum absolute atomic E-state index is 0.0754. The monoisotopic (exact) mass is 446 g/mol. The van der Waals surface area contributed by atoms with E-state index in [0.29, 0.717) is 17.1 Å². The molecule has 0 unspecified atom stereocenters. The van der Waals surface area contributed by atoms with Gasteiger partial charge in [-0.1, -0.05) is 0 Å². The van der Waals surface area contributed by atoms with E-state index in [-0.39, 0.29) is 18.0 Å². The number of ether oxygens (including phenoxy) is 2. The highest BCUT2D eigenvalue weighted by Gasteiger charge is 2.16. The zero-order chi connectivity index (χ0) is 23.4. The lowest BCUT2D eigenvalue weighted by molar-refractivity contribution is 0.102. The molecule has 168 valence electrons. The van der Waals surface area contributed by atoms with E-state index >= 15 is 0 Å². The number of carbonyl (C=O) groups excluding carboxylic acids is 1. The van der Waals surface area contributed by atoms with Gasteiger partial charge in [0.2, 0.25) is 0 Å². The van der Waals surface area contributed by atoms with Crippen LogP contribution < -0.4 is 14.8 Å². The molecular weight excluding hydrogens is 423 g/mol. The maximum absolute atomic E-state index is 13.1. The third kappa shape index (κ3) is 5.17. The van der Waals surface area contributed by atoms with Gasteiger partial charge in [0, 0.05) is 16.8 Å². The fraction of sp³-hybridized carbons (Fsp3) is 0.160. The van der Waals surface area contributed by atoms with E-state index in [0.717, 1.165) is 17.0 Å². The van der Waals surface area contributed by atoms with Crippen LogP contribution in [0.3, 0.4) is 0 Å². The molecule has 0 saturated heterocycles. The molecule has 0 fully saturated rings. The van der Waals surface area contributed by atoms with Crippen LogP contribution in [-0.4, -0.2) is 33.9 Å². The first-order valence-electron chi connectivity index (χ1n) is 10.4. The Morgan fingerprint density at radius 3 is 2.24 bits per heavy atom. The van der Waals surface area contributed by atoms with Gasteiger partial charge in [0.1, 0.15) is 11.6 Å². The van der Waals surface area contributed by atoms with E-state index in [1.54, 1.807) is 23.9 Å². The topological polar surface area (TPSA) is 78.3 Å². The smallest absolute Gasteiger partial charge is 0.336 e. The van der Waals surface area contributed by atoms with Crippen molar-refractivity contribution in [1.29, 1.82) is 0 Å². The van der Waals surface area contributed by atoms with Crippen molar-refractivity contribution in [3.63, 3.8) is 0 Å². The number of anilines is 1. The summed E-state index contributed by atoms with van der Waals surface area (Å²) in [6, 6.07) is 20.3. The summed E-state index contributed by atoms with van der Waals surface area (Å²) in [7, 11) is 1.61. The van der Waals surface area contributed by atoms with Gasteiger partial charge in [-0.2, -0.15) is 4.98 Å². The summed E-state index contributed by atoms with van der Waals surface area (Å²) in [5.41, 5.74) is 2.55. The molecule has 0 spiro atoms. The van der Waals surface area contributed by atoms with Gasteiger partial charge in [-0.05, 0) is 86.6 Å². The highest BCUT2D eigenvalue weighted by Crippen LogP contribution is 2.26.